The van der Waals surface area contributed by atoms with Gasteiger partial charge in [-0.05, 0) is 18.1 Å². The lowest BCUT2D eigenvalue weighted by molar-refractivity contribution is 0.417. The van der Waals surface area contributed by atoms with Crippen LogP contribution in [-0.2, 0) is 6.42 Å². The van der Waals surface area contributed by atoms with Crippen LogP contribution in [0.15, 0.2) is 18.5 Å². The Kier molecular flexibility index (Phi) is 2.33. The minimum atomic E-state index is 0.615. The predicted molar refractivity (Wildman–Crippen MR) is 56.1 cm³/mol. The van der Waals surface area contributed by atoms with Crippen LogP contribution >= 0.6 is 11.6 Å². The molecule has 4 heteroatoms. The van der Waals surface area contributed by atoms with Crippen molar-refractivity contribution < 1.29 is 4.74 Å². The maximum atomic E-state index is 5.99. The van der Waals surface area contributed by atoms with Crippen LogP contribution in [0.25, 0.3) is 5.52 Å². The number of ether oxygens (including phenoxy) is 1. The molecule has 0 amide bonds. The van der Waals surface area contributed by atoms with E-state index >= 15 is 0 Å². The monoisotopic (exact) mass is 210 g/mol. The number of fused-ring (bicyclic) bond motifs is 1. The summed E-state index contributed by atoms with van der Waals surface area (Å²) in [5.41, 5.74) is 2.00. The van der Waals surface area contributed by atoms with Gasteiger partial charge in [0, 0.05) is 6.20 Å². The zero-order chi connectivity index (χ0) is 10.1. The van der Waals surface area contributed by atoms with Crippen molar-refractivity contribution in [2.24, 2.45) is 0 Å². The second-order valence-electron chi connectivity index (χ2n) is 3.06. The number of halogens is 1. The molecule has 0 aliphatic carbocycles. The van der Waals surface area contributed by atoms with Crippen molar-refractivity contribution in [3.05, 3.63) is 29.0 Å². The third-order valence-electron chi connectivity index (χ3n) is 2.22. The molecule has 0 radical (unpaired) electrons. The number of nitrogens with zero attached hydrogens (tertiary/aromatic N) is 2. The van der Waals surface area contributed by atoms with Crippen LogP contribution in [0.5, 0.6) is 5.75 Å². The van der Waals surface area contributed by atoms with E-state index in [-0.39, 0.29) is 0 Å². The first-order valence-electron chi connectivity index (χ1n) is 4.46. The number of hydrogen-bond acceptors (Lipinski definition) is 2. The van der Waals surface area contributed by atoms with E-state index < -0.39 is 0 Å². The van der Waals surface area contributed by atoms with E-state index in [1.165, 1.54) is 5.56 Å². The van der Waals surface area contributed by atoms with Crippen LogP contribution < -0.4 is 4.74 Å². The molecule has 0 aliphatic heterocycles. The second kappa shape index (κ2) is 3.50. The van der Waals surface area contributed by atoms with Crippen LogP contribution in [0.4, 0.5) is 0 Å². The lowest BCUT2D eigenvalue weighted by Crippen LogP contribution is -1.94. The van der Waals surface area contributed by atoms with Gasteiger partial charge in [-0.2, -0.15) is 5.10 Å². The maximum Gasteiger partial charge on any atom is 0.146 e. The quantitative estimate of drug-likeness (QED) is 0.762. The number of rotatable bonds is 2. The van der Waals surface area contributed by atoms with Gasteiger partial charge in [0.15, 0.2) is 0 Å². The molecule has 3 nitrogen and oxygen atoms in total. The summed E-state index contributed by atoms with van der Waals surface area (Å²) in [6.07, 6.45) is 4.53. The van der Waals surface area contributed by atoms with Crippen molar-refractivity contribution in [2.75, 3.05) is 7.11 Å². The third kappa shape index (κ3) is 1.34. The normalized spacial score (nSPS) is 10.8. The summed E-state index contributed by atoms with van der Waals surface area (Å²) in [6, 6.07) is 1.99. The molecule has 2 heterocycles. The standard InChI is InChI=1S/C10H11ClN2O/c1-3-7-4-9(14-2)10-8(11)5-12-13(10)6-7/h4-6H,3H2,1-2H3. The molecule has 2 aromatic rings. The minimum absolute atomic E-state index is 0.615. The van der Waals surface area contributed by atoms with Gasteiger partial charge < -0.3 is 4.74 Å². The summed E-state index contributed by atoms with van der Waals surface area (Å²) in [4.78, 5) is 0. The molecule has 2 aromatic heterocycles. The Hall–Kier alpha value is -1.22. The van der Waals surface area contributed by atoms with Crippen molar-refractivity contribution in [3.63, 3.8) is 0 Å². The van der Waals surface area contributed by atoms with Crippen LogP contribution in [-0.4, -0.2) is 16.7 Å². The lowest BCUT2D eigenvalue weighted by atomic mass is 10.2. The molecule has 0 spiro atoms. The number of methoxy groups -OCH3 is 1. The zero-order valence-electron chi connectivity index (χ0n) is 8.12. The van der Waals surface area contributed by atoms with Crippen molar-refractivity contribution in [1.82, 2.24) is 9.61 Å². The average molecular weight is 211 g/mol. The van der Waals surface area contributed by atoms with Gasteiger partial charge in [0.05, 0.1) is 18.3 Å². The smallest absolute Gasteiger partial charge is 0.146 e. The van der Waals surface area contributed by atoms with E-state index in [2.05, 4.69) is 12.0 Å². The number of pyridine rings is 1. The first-order valence-corrected chi connectivity index (χ1v) is 4.83. The molecule has 2 rings (SSSR count). The van der Waals surface area contributed by atoms with Gasteiger partial charge in [0.1, 0.15) is 11.3 Å². The highest BCUT2D eigenvalue weighted by molar-refractivity contribution is 6.34. The van der Waals surface area contributed by atoms with Gasteiger partial charge in [0.25, 0.3) is 0 Å². The van der Waals surface area contributed by atoms with Crippen LogP contribution in [0.3, 0.4) is 0 Å². The fraction of sp³-hybridized carbons (Fsp3) is 0.300. The Labute approximate surface area is 87.2 Å². The Bertz CT molecular complexity index is 464. The molecular formula is C10H11ClN2O. The molecule has 0 aromatic carbocycles. The molecule has 0 bridgehead atoms. The van der Waals surface area contributed by atoms with Gasteiger partial charge in [-0.15, -0.1) is 0 Å². The summed E-state index contributed by atoms with van der Waals surface area (Å²) in [6.45, 7) is 2.09. The molecule has 0 fully saturated rings. The third-order valence-corrected chi connectivity index (χ3v) is 2.49. The Morgan fingerprint density at radius 1 is 1.57 bits per heavy atom. The highest BCUT2D eigenvalue weighted by Crippen LogP contribution is 2.27. The average Bonchev–Trinajstić information content (AvgIpc) is 2.59. The van der Waals surface area contributed by atoms with Crippen molar-refractivity contribution in [1.29, 1.82) is 0 Å². The van der Waals surface area contributed by atoms with Crippen LogP contribution in [0.2, 0.25) is 5.02 Å². The summed E-state index contributed by atoms with van der Waals surface area (Å²) in [7, 11) is 1.64. The molecule has 0 saturated heterocycles. The maximum absolute atomic E-state index is 5.99. The summed E-state index contributed by atoms with van der Waals surface area (Å²) >= 11 is 5.99. The van der Waals surface area contributed by atoms with E-state index in [1.54, 1.807) is 17.8 Å². The Morgan fingerprint density at radius 3 is 3.00 bits per heavy atom. The molecule has 74 valence electrons. The summed E-state index contributed by atoms with van der Waals surface area (Å²) < 4.78 is 7.01. The fourth-order valence-electron chi connectivity index (χ4n) is 1.45. The Balaban J connectivity index is 2.76. The fourth-order valence-corrected chi connectivity index (χ4v) is 1.67. The summed E-state index contributed by atoms with van der Waals surface area (Å²) in [5, 5.41) is 4.76. The lowest BCUT2D eigenvalue weighted by Gasteiger charge is -2.05. The van der Waals surface area contributed by atoms with Gasteiger partial charge >= 0.3 is 0 Å². The van der Waals surface area contributed by atoms with E-state index in [4.69, 9.17) is 16.3 Å². The highest BCUT2D eigenvalue weighted by Gasteiger charge is 2.08. The molecule has 0 saturated carbocycles. The van der Waals surface area contributed by atoms with Gasteiger partial charge in [0.2, 0.25) is 0 Å². The molecular weight excluding hydrogens is 200 g/mol. The molecule has 0 atom stereocenters. The van der Waals surface area contributed by atoms with Crippen molar-refractivity contribution in [2.45, 2.75) is 13.3 Å². The second-order valence-corrected chi connectivity index (χ2v) is 3.46. The molecule has 0 aliphatic rings. The number of hydrogen-bond donors (Lipinski definition) is 0. The summed E-state index contributed by atoms with van der Waals surface area (Å²) in [5.74, 6) is 0.770. The van der Waals surface area contributed by atoms with E-state index in [9.17, 15) is 0 Å². The van der Waals surface area contributed by atoms with Gasteiger partial charge in [-0.3, -0.25) is 0 Å². The first kappa shape index (κ1) is 9.34. The first-order chi connectivity index (χ1) is 6.76. The Morgan fingerprint density at radius 2 is 2.36 bits per heavy atom. The number of aryl methyl sites for hydroxylation is 1. The van der Waals surface area contributed by atoms with Crippen LogP contribution in [0, 0.1) is 0 Å². The van der Waals surface area contributed by atoms with E-state index in [0.29, 0.717) is 5.02 Å². The van der Waals surface area contributed by atoms with Crippen molar-refractivity contribution in [3.8, 4) is 5.75 Å². The number of aromatic nitrogens is 2. The van der Waals surface area contributed by atoms with Crippen molar-refractivity contribution >= 4 is 17.1 Å². The van der Waals surface area contributed by atoms with Gasteiger partial charge in [-0.25, -0.2) is 4.52 Å². The molecule has 0 N–H and O–H groups in total. The highest BCUT2D eigenvalue weighted by atomic mass is 35.5. The minimum Gasteiger partial charge on any atom is -0.494 e. The topological polar surface area (TPSA) is 26.5 Å². The molecule has 14 heavy (non-hydrogen) atoms. The van der Waals surface area contributed by atoms with E-state index in [0.717, 1.165) is 17.7 Å². The van der Waals surface area contributed by atoms with E-state index in [1.807, 2.05) is 12.3 Å². The largest absolute Gasteiger partial charge is 0.494 e. The van der Waals surface area contributed by atoms with Crippen LogP contribution in [0.1, 0.15) is 12.5 Å². The predicted octanol–water partition coefficient (Wildman–Crippen LogP) is 2.56. The SMILES string of the molecule is CCc1cc(OC)c2c(Cl)cnn2c1. The zero-order valence-corrected chi connectivity index (χ0v) is 8.88. The molecule has 0 unspecified atom stereocenters. The van der Waals surface area contributed by atoms with Gasteiger partial charge in [-0.1, -0.05) is 18.5 Å².